The highest BCUT2D eigenvalue weighted by Crippen LogP contribution is 2.20. The number of nitrogens with two attached hydrogens (primary N) is 2. The molecule has 0 saturated carbocycles. The third-order valence-corrected chi connectivity index (χ3v) is 6.90. The molecular formula is C34H39N7O5. The van der Waals surface area contributed by atoms with Crippen molar-refractivity contribution in [2.45, 2.75) is 57.3 Å². The van der Waals surface area contributed by atoms with Crippen LogP contribution in [0.15, 0.2) is 85.1 Å². The zero-order valence-electron chi connectivity index (χ0n) is 26.0. The number of nitrogens with one attached hydrogen (secondary N) is 3. The van der Waals surface area contributed by atoms with E-state index in [4.69, 9.17) is 16.2 Å². The van der Waals surface area contributed by atoms with E-state index >= 15 is 0 Å². The minimum Gasteiger partial charge on any atom is -0.491 e. The Kier molecular flexibility index (Phi) is 11.0. The minimum atomic E-state index is -1.31. The van der Waals surface area contributed by atoms with Gasteiger partial charge in [0.05, 0.1) is 41.3 Å². The molecule has 0 aliphatic carbocycles. The van der Waals surface area contributed by atoms with Gasteiger partial charge in [-0.3, -0.25) is 24.2 Å². The van der Waals surface area contributed by atoms with Crippen molar-refractivity contribution in [2.24, 2.45) is 11.5 Å². The fourth-order valence-corrected chi connectivity index (χ4v) is 4.66. The fourth-order valence-electron chi connectivity index (χ4n) is 4.66. The zero-order valence-corrected chi connectivity index (χ0v) is 26.0. The monoisotopic (exact) mass is 625 g/mol. The minimum absolute atomic E-state index is 0.0268. The van der Waals surface area contributed by atoms with Crippen LogP contribution in [0.2, 0.25) is 0 Å². The molecule has 4 rings (SSSR count). The van der Waals surface area contributed by atoms with Crippen molar-refractivity contribution < 1.29 is 23.9 Å². The van der Waals surface area contributed by atoms with Crippen molar-refractivity contribution in [1.29, 1.82) is 0 Å². The number of rotatable bonds is 13. The molecule has 240 valence electrons. The largest absolute Gasteiger partial charge is 0.491 e. The van der Waals surface area contributed by atoms with Gasteiger partial charge in [-0.05, 0) is 57.0 Å². The topological polar surface area (TPSA) is 191 Å². The van der Waals surface area contributed by atoms with Crippen LogP contribution >= 0.6 is 0 Å². The van der Waals surface area contributed by atoms with Gasteiger partial charge in [-0.2, -0.15) is 0 Å². The van der Waals surface area contributed by atoms with Gasteiger partial charge in [0.2, 0.25) is 11.8 Å². The summed E-state index contributed by atoms with van der Waals surface area (Å²) in [5.74, 6) is -2.12. The van der Waals surface area contributed by atoms with Gasteiger partial charge in [-0.25, -0.2) is 4.98 Å². The molecule has 4 amide bonds. The Balaban J connectivity index is 1.51. The molecule has 3 atom stereocenters. The Morgan fingerprint density at radius 1 is 0.848 bits per heavy atom. The van der Waals surface area contributed by atoms with Crippen LogP contribution in [0.4, 0.5) is 0 Å². The van der Waals surface area contributed by atoms with Crippen LogP contribution in [0.5, 0.6) is 5.75 Å². The lowest BCUT2D eigenvalue weighted by atomic mass is 9.99. The summed E-state index contributed by atoms with van der Waals surface area (Å²) in [5.41, 5.74) is 13.9. The van der Waals surface area contributed by atoms with Crippen molar-refractivity contribution in [3.63, 3.8) is 0 Å². The van der Waals surface area contributed by atoms with Crippen LogP contribution in [-0.2, 0) is 16.0 Å². The summed E-state index contributed by atoms with van der Waals surface area (Å²) >= 11 is 0. The first-order chi connectivity index (χ1) is 21.9. The predicted octanol–water partition coefficient (Wildman–Crippen LogP) is 2.27. The molecule has 0 spiro atoms. The van der Waals surface area contributed by atoms with Gasteiger partial charge in [0, 0.05) is 5.54 Å². The normalized spacial score (nSPS) is 13.2. The van der Waals surface area contributed by atoms with Crippen LogP contribution in [-0.4, -0.2) is 63.9 Å². The van der Waals surface area contributed by atoms with Crippen LogP contribution in [0.1, 0.15) is 53.6 Å². The number of nitrogens with zero attached hydrogens (tertiary/aromatic N) is 2. The molecular weight excluding hydrogens is 586 g/mol. The Bertz CT molecular complexity index is 1690. The first-order valence-electron chi connectivity index (χ1n) is 14.8. The SMILES string of the molecule is CC(C)(C)NC(=O)c1ccccc1OC[C@@H](N)[C@H](Cc1ccccc1)NC(=O)[C@H](CC(N)=O)NC(=O)c1cnc2ccccc2n1. The number of hydrogen-bond acceptors (Lipinski definition) is 8. The standard InChI is InChI=1S/C34H39N7O5/c1-34(2,3)41-31(43)22-13-7-10-16-29(22)46-20-23(35)26(17-21-11-5-4-6-12-21)39-32(44)27(18-30(36)42)40-33(45)28-19-37-24-14-8-9-15-25(24)38-28/h4-16,19,23,26-27H,17-18,20,35H2,1-3H3,(H2,36,42)(H,39,44)(H,40,45)(H,41,43)/t23-,26+,27+/m1/s1. The van der Waals surface area contributed by atoms with Gasteiger partial charge in [-0.15, -0.1) is 0 Å². The predicted molar refractivity (Wildman–Crippen MR) is 174 cm³/mol. The first kappa shape index (κ1) is 33.5. The van der Waals surface area contributed by atoms with Crippen molar-refractivity contribution >= 4 is 34.7 Å². The highest BCUT2D eigenvalue weighted by molar-refractivity contribution is 5.99. The number of primary amides is 1. The quantitative estimate of drug-likeness (QED) is 0.149. The second kappa shape index (κ2) is 15.1. The second-order valence-corrected chi connectivity index (χ2v) is 11.9. The molecule has 1 aromatic heterocycles. The number of amides is 4. The van der Waals surface area contributed by atoms with E-state index in [-0.39, 0.29) is 18.2 Å². The van der Waals surface area contributed by atoms with Gasteiger partial charge in [0.1, 0.15) is 24.1 Å². The summed E-state index contributed by atoms with van der Waals surface area (Å²) in [6.07, 6.45) is 1.15. The van der Waals surface area contributed by atoms with Crippen molar-refractivity contribution in [3.8, 4) is 5.75 Å². The molecule has 12 nitrogen and oxygen atoms in total. The number of benzene rings is 3. The molecule has 0 fully saturated rings. The van der Waals surface area contributed by atoms with E-state index in [1.165, 1.54) is 6.20 Å². The van der Waals surface area contributed by atoms with Gasteiger partial charge < -0.3 is 32.2 Å². The first-order valence-corrected chi connectivity index (χ1v) is 14.8. The number of carbonyl (C=O) groups is 4. The fraction of sp³-hybridized carbons (Fsp3) is 0.294. The van der Waals surface area contributed by atoms with E-state index in [1.807, 2.05) is 51.1 Å². The van der Waals surface area contributed by atoms with E-state index in [0.717, 1.165) is 5.56 Å². The summed E-state index contributed by atoms with van der Waals surface area (Å²) < 4.78 is 6.02. The molecule has 46 heavy (non-hydrogen) atoms. The van der Waals surface area contributed by atoms with Crippen molar-refractivity contribution in [3.05, 3.63) is 102 Å². The molecule has 12 heteroatoms. The van der Waals surface area contributed by atoms with E-state index in [9.17, 15) is 19.2 Å². The summed E-state index contributed by atoms with van der Waals surface area (Å²) in [6, 6.07) is 20.4. The Morgan fingerprint density at radius 3 is 2.20 bits per heavy atom. The highest BCUT2D eigenvalue weighted by atomic mass is 16.5. The molecule has 4 aromatic rings. The maximum atomic E-state index is 13.6. The maximum absolute atomic E-state index is 13.6. The van der Waals surface area contributed by atoms with E-state index in [0.29, 0.717) is 28.8 Å². The summed E-state index contributed by atoms with van der Waals surface area (Å²) in [4.78, 5) is 60.1. The lowest BCUT2D eigenvalue weighted by molar-refractivity contribution is -0.127. The Hall–Kier alpha value is -5.36. The molecule has 0 bridgehead atoms. The van der Waals surface area contributed by atoms with E-state index in [2.05, 4.69) is 25.9 Å². The summed E-state index contributed by atoms with van der Waals surface area (Å²) in [5, 5.41) is 8.36. The van der Waals surface area contributed by atoms with Gasteiger partial charge in [-0.1, -0.05) is 54.6 Å². The number of aromatic nitrogens is 2. The number of carbonyl (C=O) groups excluding carboxylic acids is 4. The average molecular weight is 626 g/mol. The van der Waals surface area contributed by atoms with Gasteiger partial charge >= 0.3 is 0 Å². The molecule has 0 saturated heterocycles. The summed E-state index contributed by atoms with van der Waals surface area (Å²) in [6.45, 7) is 5.58. The lowest BCUT2D eigenvalue weighted by Crippen LogP contribution is -2.57. The molecule has 0 aliphatic heterocycles. The third kappa shape index (κ3) is 9.57. The van der Waals surface area contributed by atoms with Crippen molar-refractivity contribution in [1.82, 2.24) is 25.9 Å². The molecule has 1 heterocycles. The Morgan fingerprint density at radius 2 is 1.50 bits per heavy atom. The van der Waals surface area contributed by atoms with Gasteiger partial charge in [0.15, 0.2) is 0 Å². The number of hydrogen-bond donors (Lipinski definition) is 5. The van der Waals surface area contributed by atoms with Crippen LogP contribution in [0.3, 0.4) is 0 Å². The van der Waals surface area contributed by atoms with Crippen LogP contribution < -0.4 is 32.2 Å². The van der Waals surface area contributed by atoms with Crippen LogP contribution in [0, 0.1) is 0 Å². The Labute approximate surface area is 267 Å². The second-order valence-electron chi connectivity index (χ2n) is 11.9. The molecule has 0 radical (unpaired) electrons. The molecule has 7 N–H and O–H groups in total. The average Bonchev–Trinajstić information content (AvgIpc) is 3.02. The number of fused-ring (bicyclic) bond motifs is 1. The number of ether oxygens (including phenoxy) is 1. The molecule has 0 aliphatic rings. The van der Waals surface area contributed by atoms with Crippen LogP contribution in [0.25, 0.3) is 11.0 Å². The maximum Gasteiger partial charge on any atom is 0.272 e. The smallest absolute Gasteiger partial charge is 0.272 e. The molecule has 0 unspecified atom stereocenters. The highest BCUT2D eigenvalue weighted by Gasteiger charge is 2.29. The van der Waals surface area contributed by atoms with Crippen molar-refractivity contribution in [2.75, 3.05) is 6.61 Å². The number of para-hydroxylation sites is 3. The van der Waals surface area contributed by atoms with E-state index in [1.54, 1.807) is 48.5 Å². The zero-order chi connectivity index (χ0) is 33.3. The van der Waals surface area contributed by atoms with E-state index < -0.39 is 47.8 Å². The molecule has 3 aromatic carbocycles. The lowest BCUT2D eigenvalue weighted by Gasteiger charge is -2.28. The summed E-state index contributed by atoms with van der Waals surface area (Å²) in [7, 11) is 0. The third-order valence-electron chi connectivity index (χ3n) is 6.90. The van der Waals surface area contributed by atoms with Gasteiger partial charge in [0.25, 0.3) is 11.8 Å².